The molecule has 1 saturated heterocycles. The number of likely N-dealkylation sites (tertiary alicyclic amines) is 1. The van der Waals surface area contributed by atoms with Crippen LogP contribution in [0.2, 0.25) is 0 Å². The van der Waals surface area contributed by atoms with E-state index in [0.717, 1.165) is 25.2 Å². The van der Waals surface area contributed by atoms with Gasteiger partial charge < -0.3 is 9.80 Å². The van der Waals surface area contributed by atoms with Gasteiger partial charge in [-0.3, -0.25) is 9.78 Å². The number of hydrogen-bond donors (Lipinski definition) is 0. The minimum Gasteiger partial charge on any atom is -0.337 e. The van der Waals surface area contributed by atoms with Gasteiger partial charge in [-0.15, -0.1) is 0 Å². The highest BCUT2D eigenvalue weighted by molar-refractivity contribution is 5.94. The number of aromatic nitrogens is 1. The summed E-state index contributed by atoms with van der Waals surface area (Å²) in [5.74, 6) is 0.0989. The maximum absolute atomic E-state index is 12.2. The number of pyridine rings is 1. The molecule has 0 aromatic carbocycles. The van der Waals surface area contributed by atoms with E-state index in [1.165, 1.54) is 0 Å². The molecule has 1 aliphatic rings. The smallest absolute Gasteiger partial charge is 0.255 e. The maximum Gasteiger partial charge on any atom is 0.255 e. The highest BCUT2D eigenvalue weighted by Crippen LogP contribution is 2.16. The first kappa shape index (κ1) is 12.0. The van der Waals surface area contributed by atoms with Crippen LogP contribution >= 0.6 is 0 Å². The van der Waals surface area contributed by atoms with E-state index in [4.69, 9.17) is 0 Å². The largest absolute Gasteiger partial charge is 0.337 e. The van der Waals surface area contributed by atoms with Crippen LogP contribution in [0.15, 0.2) is 18.3 Å². The van der Waals surface area contributed by atoms with Gasteiger partial charge in [0.05, 0.1) is 5.56 Å². The summed E-state index contributed by atoms with van der Waals surface area (Å²) in [5.41, 5.74) is 1.63. The van der Waals surface area contributed by atoms with Crippen LogP contribution in [0.3, 0.4) is 0 Å². The minimum atomic E-state index is 0.0989. The fourth-order valence-corrected chi connectivity index (χ4v) is 2.12. The summed E-state index contributed by atoms with van der Waals surface area (Å²) in [6, 6.07) is 4.22. The molecule has 0 radical (unpaired) electrons. The molecule has 0 saturated carbocycles. The van der Waals surface area contributed by atoms with Crippen molar-refractivity contribution in [1.82, 2.24) is 14.8 Å². The predicted molar refractivity (Wildman–Crippen MR) is 67.0 cm³/mol. The molecule has 2 rings (SSSR count). The van der Waals surface area contributed by atoms with Crippen LogP contribution in [0.25, 0.3) is 0 Å². The van der Waals surface area contributed by atoms with Crippen LogP contribution in [0.5, 0.6) is 0 Å². The number of carbonyl (C=O) groups is 1. The Morgan fingerprint density at radius 3 is 2.76 bits per heavy atom. The van der Waals surface area contributed by atoms with Crippen LogP contribution < -0.4 is 0 Å². The molecule has 1 aromatic rings. The van der Waals surface area contributed by atoms with Gasteiger partial charge in [0.25, 0.3) is 5.91 Å². The van der Waals surface area contributed by atoms with E-state index in [2.05, 4.69) is 24.0 Å². The zero-order valence-electron chi connectivity index (χ0n) is 10.7. The number of rotatable bonds is 2. The standard InChI is InChI=1S/C13H19N3O/c1-10-4-5-11(8-14-10)13(17)16-7-6-12(9-16)15(2)3/h4-5,8,12H,6-7,9H2,1-3H3. The van der Waals surface area contributed by atoms with Gasteiger partial charge in [-0.2, -0.15) is 0 Å². The van der Waals surface area contributed by atoms with Gasteiger partial charge in [0.1, 0.15) is 0 Å². The molecule has 92 valence electrons. The van der Waals surface area contributed by atoms with Gasteiger partial charge in [-0.1, -0.05) is 0 Å². The first-order valence-electron chi connectivity index (χ1n) is 5.96. The monoisotopic (exact) mass is 233 g/mol. The molecule has 4 heteroatoms. The van der Waals surface area contributed by atoms with E-state index >= 15 is 0 Å². The average Bonchev–Trinajstić information content (AvgIpc) is 2.78. The molecule has 2 heterocycles. The zero-order valence-corrected chi connectivity index (χ0v) is 10.7. The van der Waals surface area contributed by atoms with Crippen molar-refractivity contribution in [2.45, 2.75) is 19.4 Å². The Balaban J connectivity index is 2.04. The van der Waals surface area contributed by atoms with Crippen molar-refractivity contribution in [3.8, 4) is 0 Å². The fraction of sp³-hybridized carbons (Fsp3) is 0.538. The number of aryl methyl sites for hydroxylation is 1. The number of likely N-dealkylation sites (N-methyl/N-ethyl adjacent to an activating group) is 1. The third kappa shape index (κ3) is 2.64. The van der Waals surface area contributed by atoms with Gasteiger partial charge in [-0.05, 0) is 39.6 Å². The molecule has 1 unspecified atom stereocenters. The normalized spacial score (nSPS) is 20.0. The zero-order chi connectivity index (χ0) is 12.4. The molecule has 1 atom stereocenters. The molecule has 0 N–H and O–H groups in total. The first-order chi connectivity index (χ1) is 8.08. The summed E-state index contributed by atoms with van der Waals surface area (Å²) in [6.45, 7) is 3.58. The topological polar surface area (TPSA) is 36.4 Å². The number of nitrogens with zero attached hydrogens (tertiary/aromatic N) is 3. The molecular formula is C13H19N3O. The summed E-state index contributed by atoms with van der Waals surface area (Å²) < 4.78 is 0. The number of amides is 1. The Hall–Kier alpha value is -1.42. The lowest BCUT2D eigenvalue weighted by Gasteiger charge is -2.20. The number of carbonyl (C=O) groups excluding carboxylic acids is 1. The maximum atomic E-state index is 12.2. The summed E-state index contributed by atoms with van der Waals surface area (Å²) in [5, 5.41) is 0. The van der Waals surface area contributed by atoms with Crippen LogP contribution in [0.4, 0.5) is 0 Å². The first-order valence-corrected chi connectivity index (χ1v) is 5.96. The van der Waals surface area contributed by atoms with Crippen molar-refractivity contribution >= 4 is 5.91 Å². The van der Waals surface area contributed by atoms with E-state index < -0.39 is 0 Å². The van der Waals surface area contributed by atoms with Crippen molar-refractivity contribution in [2.75, 3.05) is 27.2 Å². The summed E-state index contributed by atoms with van der Waals surface area (Å²) in [7, 11) is 4.12. The summed E-state index contributed by atoms with van der Waals surface area (Å²) in [6.07, 6.45) is 2.72. The summed E-state index contributed by atoms with van der Waals surface area (Å²) in [4.78, 5) is 20.5. The van der Waals surface area contributed by atoms with Gasteiger partial charge in [0.15, 0.2) is 0 Å². The third-order valence-electron chi connectivity index (χ3n) is 3.34. The molecule has 4 nitrogen and oxygen atoms in total. The molecule has 17 heavy (non-hydrogen) atoms. The Labute approximate surface area is 102 Å². The lowest BCUT2D eigenvalue weighted by atomic mass is 10.2. The predicted octanol–water partition coefficient (Wildman–Crippen LogP) is 1.17. The Morgan fingerprint density at radius 2 is 2.24 bits per heavy atom. The second-order valence-electron chi connectivity index (χ2n) is 4.85. The van der Waals surface area contributed by atoms with E-state index in [1.54, 1.807) is 6.20 Å². The van der Waals surface area contributed by atoms with Gasteiger partial charge >= 0.3 is 0 Å². The van der Waals surface area contributed by atoms with E-state index in [1.807, 2.05) is 24.0 Å². The lowest BCUT2D eigenvalue weighted by Crippen LogP contribution is -2.34. The van der Waals surface area contributed by atoms with Crippen molar-refractivity contribution in [3.05, 3.63) is 29.6 Å². The van der Waals surface area contributed by atoms with Crippen molar-refractivity contribution in [1.29, 1.82) is 0 Å². The van der Waals surface area contributed by atoms with Crippen LogP contribution in [0, 0.1) is 6.92 Å². The molecule has 0 bridgehead atoms. The second-order valence-corrected chi connectivity index (χ2v) is 4.85. The molecule has 0 aliphatic carbocycles. The van der Waals surface area contributed by atoms with Gasteiger partial charge in [0.2, 0.25) is 0 Å². The molecule has 1 fully saturated rings. The van der Waals surface area contributed by atoms with E-state index in [9.17, 15) is 4.79 Å². The molecule has 1 amide bonds. The lowest BCUT2D eigenvalue weighted by molar-refractivity contribution is 0.0782. The average molecular weight is 233 g/mol. The van der Waals surface area contributed by atoms with Gasteiger partial charge in [0, 0.05) is 31.0 Å². The molecule has 1 aliphatic heterocycles. The molecule has 1 aromatic heterocycles. The highest BCUT2D eigenvalue weighted by Gasteiger charge is 2.27. The minimum absolute atomic E-state index is 0.0989. The van der Waals surface area contributed by atoms with E-state index in [0.29, 0.717) is 11.6 Å². The molecule has 0 spiro atoms. The Morgan fingerprint density at radius 1 is 1.47 bits per heavy atom. The third-order valence-corrected chi connectivity index (χ3v) is 3.34. The van der Waals surface area contributed by atoms with Crippen molar-refractivity contribution in [2.24, 2.45) is 0 Å². The second kappa shape index (κ2) is 4.84. The highest BCUT2D eigenvalue weighted by atomic mass is 16.2. The van der Waals surface area contributed by atoms with Crippen molar-refractivity contribution in [3.63, 3.8) is 0 Å². The van der Waals surface area contributed by atoms with Gasteiger partial charge in [-0.25, -0.2) is 0 Å². The van der Waals surface area contributed by atoms with Crippen molar-refractivity contribution < 1.29 is 4.79 Å². The SMILES string of the molecule is Cc1ccc(C(=O)N2CCC(N(C)C)C2)cn1. The summed E-state index contributed by atoms with van der Waals surface area (Å²) >= 11 is 0. The van der Waals surface area contributed by atoms with Crippen LogP contribution in [0.1, 0.15) is 22.5 Å². The Bertz CT molecular complexity index is 400. The number of hydrogen-bond acceptors (Lipinski definition) is 3. The van der Waals surface area contributed by atoms with Crippen LogP contribution in [-0.4, -0.2) is 53.9 Å². The van der Waals surface area contributed by atoms with Crippen LogP contribution in [-0.2, 0) is 0 Å². The quantitative estimate of drug-likeness (QED) is 0.769. The van der Waals surface area contributed by atoms with E-state index in [-0.39, 0.29) is 5.91 Å². The fourth-order valence-electron chi connectivity index (χ4n) is 2.12. The molecular weight excluding hydrogens is 214 g/mol. The Kier molecular flexibility index (Phi) is 3.43.